The standard InChI is InChI=1S/C19H14F3N3OS2/c1-9-11(3)27-18(14(9)8-23)25-16(26)15-10(2)24-17(28-15)12-4-6-13(7-5-12)19(20,21)22/h4-7H,1-3H3,(H,25,26). The van der Waals surface area contributed by atoms with Crippen LogP contribution < -0.4 is 5.32 Å². The summed E-state index contributed by atoms with van der Waals surface area (Å²) in [5.41, 5.74) is 1.49. The van der Waals surface area contributed by atoms with E-state index in [0.29, 0.717) is 31.7 Å². The highest BCUT2D eigenvalue weighted by atomic mass is 32.1. The summed E-state index contributed by atoms with van der Waals surface area (Å²) in [7, 11) is 0. The molecule has 0 unspecified atom stereocenters. The number of thiazole rings is 1. The monoisotopic (exact) mass is 421 g/mol. The Morgan fingerprint density at radius 1 is 1.14 bits per heavy atom. The first kappa shape index (κ1) is 20.0. The normalized spacial score (nSPS) is 11.3. The summed E-state index contributed by atoms with van der Waals surface area (Å²) in [4.78, 5) is 18.3. The summed E-state index contributed by atoms with van der Waals surface area (Å²) in [6.45, 7) is 5.35. The summed E-state index contributed by atoms with van der Waals surface area (Å²) in [5.74, 6) is -0.397. The first-order chi connectivity index (χ1) is 13.1. The minimum atomic E-state index is -4.40. The lowest BCUT2D eigenvalue weighted by atomic mass is 10.1. The van der Waals surface area contributed by atoms with Gasteiger partial charge in [0.2, 0.25) is 0 Å². The van der Waals surface area contributed by atoms with Crippen LogP contribution >= 0.6 is 22.7 Å². The van der Waals surface area contributed by atoms with E-state index < -0.39 is 17.6 Å². The van der Waals surface area contributed by atoms with Crippen LogP contribution in [0, 0.1) is 32.1 Å². The molecule has 144 valence electrons. The smallest absolute Gasteiger partial charge is 0.312 e. The Bertz CT molecular complexity index is 1090. The van der Waals surface area contributed by atoms with Crippen LogP contribution in [0.2, 0.25) is 0 Å². The van der Waals surface area contributed by atoms with Gasteiger partial charge in [-0.1, -0.05) is 12.1 Å². The van der Waals surface area contributed by atoms with Crippen LogP contribution in [-0.2, 0) is 6.18 Å². The van der Waals surface area contributed by atoms with Crippen molar-refractivity contribution in [3.63, 3.8) is 0 Å². The highest BCUT2D eigenvalue weighted by Crippen LogP contribution is 2.35. The van der Waals surface area contributed by atoms with E-state index in [1.54, 1.807) is 6.92 Å². The van der Waals surface area contributed by atoms with Gasteiger partial charge in [0.1, 0.15) is 21.0 Å². The van der Waals surface area contributed by atoms with Crippen molar-refractivity contribution in [1.29, 1.82) is 5.26 Å². The molecule has 0 aliphatic heterocycles. The molecule has 0 fully saturated rings. The number of rotatable bonds is 3. The van der Waals surface area contributed by atoms with E-state index in [0.717, 1.165) is 33.9 Å². The molecule has 0 spiro atoms. The van der Waals surface area contributed by atoms with Crippen molar-refractivity contribution in [1.82, 2.24) is 4.98 Å². The number of anilines is 1. The Balaban J connectivity index is 1.87. The Labute approximate surface area is 167 Å². The number of thiophene rings is 1. The van der Waals surface area contributed by atoms with Crippen molar-refractivity contribution in [3.8, 4) is 16.6 Å². The maximum absolute atomic E-state index is 12.7. The van der Waals surface area contributed by atoms with Gasteiger partial charge in [-0.25, -0.2) is 4.98 Å². The molecule has 1 aromatic carbocycles. The molecule has 28 heavy (non-hydrogen) atoms. The minimum absolute atomic E-state index is 0.350. The van der Waals surface area contributed by atoms with Crippen molar-refractivity contribution >= 4 is 33.6 Å². The van der Waals surface area contributed by atoms with Gasteiger partial charge in [-0.05, 0) is 38.5 Å². The van der Waals surface area contributed by atoms with Gasteiger partial charge in [0.25, 0.3) is 5.91 Å². The minimum Gasteiger partial charge on any atom is -0.312 e. The average molecular weight is 421 g/mol. The molecule has 2 heterocycles. The van der Waals surface area contributed by atoms with E-state index in [-0.39, 0.29) is 0 Å². The predicted molar refractivity (Wildman–Crippen MR) is 104 cm³/mol. The molecule has 3 rings (SSSR count). The zero-order valence-corrected chi connectivity index (χ0v) is 16.7. The van der Waals surface area contributed by atoms with Crippen LogP contribution in [-0.4, -0.2) is 10.9 Å². The number of alkyl halides is 3. The predicted octanol–water partition coefficient (Wildman–Crippen LogP) is 5.94. The number of hydrogen-bond donors (Lipinski definition) is 1. The molecule has 0 saturated carbocycles. The highest BCUT2D eigenvalue weighted by Gasteiger charge is 2.30. The second kappa shape index (κ2) is 7.37. The van der Waals surface area contributed by atoms with Crippen LogP contribution in [0.3, 0.4) is 0 Å². The van der Waals surface area contributed by atoms with E-state index in [4.69, 9.17) is 0 Å². The Kier molecular flexibility index (Phi) is 5.28. The largest absolute Gasteiger partial charge is 0.416 e. The van der Waals surface area contributed by atoms with Crippen molar-refractivity contribution in [2.24, 2.45) is 0 Å². The first-order valence-electron chi connectivity index (χ1n) is 8.08. The molecule has 0 radical (unpaired) electrons. The molecule has 0 bridgehead atoms. The fourth-order valence-electron chi connectivity index (χ4n) is 2.54. The summed E-state index contributed by atoms with van der Waals surface area (Å²) < 4.78 is 38.1. The molecule has 0 aliphatic rings. The van der Waals surface area contributed by atoms with Crippen LogP contribution in [0.15, 0.2) is 24.3 Å². The van der Waals surface area contributed by atoms with E-state index in [9.17, 15) is 23.2 Å². The molecule has 0 aliphatic carbocycles. The quantitative estimate of drug-likeness (QED) is 0.569. The van der Waals surface area contributed by atoms with Crippen LogP contribution in [0.25, 0.3) is 10.6 Å². The number of hydrogen-bond acceptors (Lipinski definition) is 5. The van der Waals surface area contributed by atoms with E-state index >= 15 is 0 Å². The van der Waals surface area contributed by atoms with E-state index in [1.807, 2.05) is 13.8 Å². The fraction of sp³-hybridized carbons (Fsp3) is 0.211. The lowest BCUT2D eigenvalue weighted by Gasteiger charge is -2.06. The van der Waals surface area contributed by atoms with Gasteiger partial charge in [-0.3, -0.25) is 4.79 Å². The summed E-state index contributed by atoms with van der Waals surface area (Å²) in [6.07, 6.45) is -4.40. The molecular formula is C19H14F3N3OS2. The number of aryl methyl sites for hydroxylation is 2. The van der Waals surface area contributed by atoms with Crippen LogP contribution in [0.1, 0.15) is 36.9 Å². The van der Waals surface area contributed by atoms with E-state index in [1.165, 1.54) is 23.5 Å². The van der Waals surface area contributed by atoms with Gasteiger partial charge in [-0.15, -0.1) is 22.7 Å². The lowest BCUT2D eigenvalue weighted by Crippen LogP contribution is -2.11. The number of carbonyl (C=O) groups excluding carboxylic acids is 1. The number of amides is 1. The maximum Gasteiger partial charge on any atom is 0.416 e. The zero-order chi connectivity index (χ0) is 20.6. The van der Waals surface area contributed by atoms with Crippen molar-refractivity contribution in [2.75, 3.05) is 5.32 Å². The molecule has 9 heteroatoms. The molecule has 3 aromatic rings. The number of nitriles is 1. The summed E-state index contributed by atoms with van der Waals surface area (Å²) in [6, 6.07) is 6.74. The van der Waals surface area contributed by atoms with Gasteiger partial charge in [0.05, 0.1) is 16.8 Å². The third-order valence-electron chi connectivity index (χ3n) is 4.19. The molecule has 0 saturated heterocycles. The summed E-state index contributed by atoms with van der Waals surface area (Å²) >= 11 is 2.42. The number of nitrogens with one attached hydrogen (secondary N) is 1. The molecule has 0 atom stereocenters. The lowest BCUT2D eigenvalue weighted by molar-refractivity contribution is -0.137. The van der Waals surface area contributed by atoms with E-state index in [2.05, 4.69) is 16.4 Å². The average Bonchev–Trinajstić information content (AvgIpc) is 3.14. The first-order valence-corrected chi connectivity index (χ1v) is 9.71. The molecule has 1 N–H and O–H groups in total. The van der Waals surface area contributed by atoms with Gasteiger partial charge in [0.15, 0.2) is 0 Å². The maximum atomic E-state index is 12.7. The number of carbonyl (C=O) groups is 1. The Hall–Kier alpha value is -2.70. The summed E-state index contributed by atoms with van der Waals surface area (Å²) in [5, 5.41) is 13.0. The molecule has 4 nitrogen and oxygen atoms in total. The van der Waals surface area contributed by atoms with Gasteiger partial charge >= 0.3 is 6.18 Å². The van der Waals surface area contributed by atoms with Crippen molar-refractivity contribution in [3.05, 3.63) is 56.4 Å². The molecular weight excluding hydrogens is 407 g/mol. The van der Waals surface area contributed by atoms with Gasteiger partial charge < -0.3 is 5.32 Å². The fourth-order valence-corrected chi connectivity index (χ4v) is 4.51. The second-order valence-electron chi connectivity index (χ2n) is 6.06. The molecule has 1 amide bonds. The zero-order valence-electron chi connectivity index (χ0n) is 15.1. The number of benzene rings is 1. The van der Waals surface area contributed by atoms with Crippen LogP contribution in [0.4, 0.5) is 18.2 Å². The van der Waals surface area contributed by atoms with Crippen molar-refractivity contribution < 1.29 is 18.0 Å². The molecule has 2 aromatic heterocycles. The number of aromatic nitrogens is 1. The van der Waals surface area contributed by atoms with Crippen molar-refractivity contribution in [2.45, 2.75) is 26.9 Å². The second-order valence-corrected chi connectivity index (χ2v) is 8.29. The number of halogens is 3. The van der Waals surface area contributed by atoms with Crippen LogP contribution in [0.5, 0.6) is 0 Å². The number of nitrogens with zero attached hydrogens (tertiary/aromatic N) is 2. The topological polar surface area (TPSA) is 65.8 Å². The Morgan fingerprint density at radius 3 is 2.36 bits per heavy atom. The Morgan fingerprint density at radius 2 is 1.79 bits per heavy atom. The van der Waals surface area contributed by atoms with Gasteiger partial charge in [0, 0.05) is 10.4 Å². The highest BCUT2D eigenvalue weighted by molar-refractivity contribution is 7.18. The third kappa shape index (κ3) is 3.79. The van der Waals surface area contributed by atoms with Gasteiger partial charge in [-0.2, -0.15) is 18.4 Å². The third-order valence-corrected chi connectivity index (χ3v) is 6.51. The SMILES string of the molecule is Cc1nc(-c2ccc(C(F)(F)F)cc2)sc1C(=O)Nc1sc(C)c(C)c1C#N.